The van der Waals surface area contributed by atoms with Crippen LogP contribution in [0.2, 0.25) is 0 Å². The fourth-order valence-electron chi connectivity index (χ4n) is 3.13. The van der Waals surface area contributed by atoms with Gasteiger partial charge in [0.2, 0.25) is 0 Å². The monoisotopic (exact) mass is 283 g/mol. The molecule has 0 amide bonds. The predicted octanol–water partition coefficient (Wildman–Crippen LogP) is 2.07. The molecule has 21 heavy (non-hydrogen) atoms. The van der Waals surface area contributed by atoms with Crippen molar-refractivity contribution < 1.29 is 0 Å². The molecule has 0 spiro atoms. The maximum Gasteiger partial charge on any atom is 0.120 e. The predicted molar refractivity (Wildman–Crippen MR) is 80.8 cm³/mol. The van der Waals surface area contributed by atoms with Crippen molar-refractivity contribution in [2.75, 3.05) is 6.54 Å². The smallest absolute Gasteiger partial charge is 0.120 e. The molecular weight excluding hydrogens is 262 g/mol. The highest BCUT2D eigenvalue weighted by atomic mass is 15.1. The molecule has 1 atom stereocenters. The average molecular weight is 283 g/mol. The first kappa shape index (κ1) is 13.9. The summed E-state index contributed by atoms with van der Waals surface area (Å²) in [6.45, 7) is 4.89. The number of hydrogen-bond donors (Lipinski definition) is 1. The van der Waals surface area contributed by atoms with Gasteiger partial charge in [0.15, 0.2) is 0 Å². The maximum absolute atomic E-state index is 9.07. The topological polar surface area (TPSA) is 58.6 Å². The van der Waals surface area contributed by atoms with E-state index in [0.29, 0.717) is 5.92 Å². The molecule has 1 aliphatic heterocycles. The molecule has 1 aliphatic rings. The lowest BCUT2D eigenvalue weighted by Crippen LogP contribution is -2.26. The number of nitriles is 1. The van der Waals surface area contributed by atoms with Crippen LogP contribution in [0.1, 0.15) is 41.5 Å². The number of aryl methyl sites for hydroxylation is 1. The van der Waals surface area contributed by atoms with E-state index in [0.717, 1.165) is 31.0 Å². The molecule has 2 aromatic heterocycles. The third-order valence-corrected chi connectivity index (χ3v) is 4.53. The van der Waals surface area contributed by atoms with E-state index in [1.54, 1.807) is 0 Å². The van der Waals surface area contributed by atoms with Crippen LogP contribution in [-0.2, 0) is 20.1 Å². The van der Waals surface area contributed by atoms with Gasteiger partial charge >= 0.3 is 0 Å². The first-order valence-electron chi connectivity index (χ1n) is 7.47. The molecule has 3 rings (SSSR count). The van der Waals surface area contributed by atoms with E-state index in [2.05, 4.69) is 34.1 Å². The highest BCUT2D eigenvalue weighted by Crippen LogP contribution is 2.25. The van der Waals surface area contributed by atoms with Gasteiger partial charge < -0.3 is 14.5 Å². The van der Waals surface area contributed by atoms with Crippen molar-refractivity contribution in [3.05, 3.63) is 41.2 Å². The quantitative estimate of drug-likeness (QED) is 0.934. The highest BCUT2D eigenvalue weighted by Gasteiger charge is 2.21. The second-order valence-corrected chi connectivity index (χ2v) is 5.76. The van der Waals surface area contributed by atoms with E-state index in [1.165, 1.54) is 24.2 Å². The van der Waals surface area contributed by atoms with Crippen LogP contribution < -0.4 is 5.32 Å². The zero-order valence-electron chi connectivity index (χ0n) is 12.6. The summed E-state index contributed by atoms with van der Waals surface area (Å²) < 4.78 is 4.21. The van der Waals surface area contributed by atoms with Crippen LogP contribution in [0.15, 0.2) is 18.5 Å². The molecular formula is C16H21N5. The van der Waals surface area contributed by atoms with E-state index in [1.807, 2.05) is 23.9 Å². The van der Waals surface area contributed by atoms with Crippen molar-refractivity contribution in [3.8, 4) is 6.07 Å². The van der Waals surface area contributed by atoms with Crippen LogP contribution in [-0.4, -0.2) is 20.7 Å². The molecule has 0 aliphatic carbocycles. The van der Waals surface area contributed by atoms with Gasteiger partial charge in [-0.1, -0.05) is 0 Å². The third kappa shape index (κ3) is 2.59. The number of fused-ring (bicyclic) bond motifs is 1. The van der Waals surface area contributed by atoms with E-state index in [4.69, 9.17) is 5.26 Å². The molecule has 0 saturated carbocycles. The Labute approximate surface area is 125 Å². The van der Waals surface area contributed by atoms with Gasteiger partial charge in [0.25, 0.3) is 0 Å². The van der Waals surface area contributed by atoms with Gasteiger partial charge in [-0.15, -0.1) is 0 Å². The molecule has 0 aromatic carbocycles. The summed E-state index contributed by atoms with van der Waals surface area (Å²) in [7, 11) is 1.94. The SMILES string of the molecule is Cc1c(CNC[C@@H]2CCCn3ccnc32)cc(C#N)n1C. The lowest BCUT2D eigenvalue weighted by Gasteiger charge is -2.23. The molecule has 0 saturated heterocycles. The summed E-state index contributed by atoms with van der Waals surface area (Å²) in [5.74, 6) is 1.70. The molecule has 0 unspecified atom stereocenters. The third-order valence-electron chi connectivity index (χ3n) is 4.53. The summed E-state index contributed by atoms with van der Waals surface area (Å²) >= 11 is 0. The van der Waals surface area contributed by atoms with Crippen molar-refractivity contribution in [1.29, 1.82) is 5.26 Å². The molecule has 5 heteroatoms. The minimum atomic E-state index is 0.494. The number of hydrogen-bond acceptors (Lipinski definition) is 3. The fraction of sp³-hybridized carbons (Fsp3) is 0.500. The van der Waals surface area contributed by atoms with E-state index < -0.39 is 0 Å². The number of aromatic nitrogens is 3. The van der Waals surface area contributed by atoms with Crippen molar-refractivity contribution in [2.45, 2.75) is 38.8 Å². The second-order valence-electron chi connectivity index (χ2n) is 5.76. The standard InChI is InChI=1S/C16H21N5/c1-12-14(8-15(9-17)20(12)2)11-18-10-13-4-3-6-21-7-5-19-16(13)21/h5,7-8,13,18H,3-4,6,10-11H2,1-2H3/t13-/m0/s1. The van der Waals surface area contributed by atoms with Crippen LogP contribution in [0, 0.1) is 18.3 Å². The van der Waals surface area contributed by atoms with Gasteiger partial charge in [0.05, 0.1) is 0 Å². The van der Waals surface area contributed by atoms with E-state index >= 15 is 0 Å². The van der Waals surface area contributed by atoms with Crippen molar-refractivity contribution in [2.24, 2.45) is 7.05 Å². The van der Waals surface area contributed by atoms with Gasteiger partial charge in [-0.05, 0) is 31.4 Å². The lowest BCUT2D eigenvalue weighted by molar-refractivity contribution is 0.423. The Bertz CT molecular complexity index is 673. The zero-order valence-corrected chi connectivity index (χ0v) is 12.6. The Balaban J connectivity index is 1.62. The molecule has 2 aromatic rings. The van der Waals surface area contributed by atoms with Crippen LogP contribution in [0.5, 0.6) is 0 Å². The summed E-state index contributed by atoms with van der Waals surface area (Å²) in [5.41, 5.74) is 3.08. The Morgan fingerprint density at radius 2 is 2.38 bits per heavy atom. The van der Waals surface area contributed by atoms with Crippen LogP contribution in [0.25, 0.3) is 0 Å². The summed E-state index contributed by atoms with van der Waals surface area (Å²) in [5, 5.41) is 12.6. The molecule has 1 N–H and O–H groups in total. The van der Waals surface area contributed by atoms with Crippen molar-refractivity contribution in [3.63, 3.8) is 0 Å². The van der Waals surface area contributed by atoms with E-state index in [-0.39, 0.29) is 0 Å². The molecule has 5 nitrogen and oxygen atoms in total. The second kappa shape index (κ2) is 5.74. The van der Waals surface area contributed by atoms with Crippen molar-refractivity contribution in [1.82, 2.24) is 19.4 Å². The molecule has 110 valence electrons. The number of nitrogens with one attached hydrogen (secondary N) is 1. The summed E-state index contributed by atoms with van der Waals surface area (Å²) in [4.78, 5) is 4.49. The molecule has 0 bridgehead atoms. The minimum Gasteiger partial charge on any atom is -0.340 e. The number of rotatable bonds is 4. The Kier molecular flexibility index (Phi) is 3.80. The van der Waals surface area contributed by atoms with E-state index in [9.17, 15) is 0 Å². The summed E-state index contributed by atoms with van der Waals surface area (Å²) in [6, 6.07) is 4.20. The largest absolute Gasteiger partial charge is 0.340 e. The van der Waals surface area contributed by atoms with Crippen LogP contribution in [0.3, 0.4) is 0 Å². The highest BCUT2D eigenvalue weighted by molar-refractivity contribution is 5.34. The Morgan fingerprint density at radius 3 is 3.14 bits per heavy atom. The van der Waals surface area contributed by atoms with Crippen LogP contribution >= 0.6 is 0 Å². The van der Waals surface area contributed by atoms with Crippen molar-refractivity contribution >= 4 is 0 Å². The molecule has 0 radical (unpaired) electrons. The van der Waals surface area contributed by atoms with Gasteiger partial charge in [0.1, 0.15) is 17.6 Å². The Morgan fingerprint density at radius 1 is 1.52 bits per heavy atom. The Hall–Kier alpha value is -2.06. The van der Waals surface area contributed by atoms with Gasteiger partial charge in [-0.25, -0.2) is 4.98 Å². The normalized spacial score (nSPS) is 17.5. The number of nitrogens with zero attached hydrogens (tertiary/aromatic N) is 4. The van der Waals surface area contributed by atoms with Crippen LogP contribution in [0.4, 0.5) is 0 Å². The zero-order chi connectivity index (χ0) is 14.8. The first-order valence-corrected chi connectivity index (χ1v) is 7.47. The average Bonchev–Trinajstić information content (AvgIpc) is 3.07. The first-order chi connectivity index (χ1) is 10.2. The molecule has 0 fully saturated rings. The fourth-order valence-corrected chi connectivity index (χ4v) is 3.13. The summed E-state index contributed by atoms with van der Waals surface area (Å²) in [6.07, 6.45) is 6.39. The number of imidazole rings is 1. The van der Waals surface area contributed by atoms with Gasteiger partial charge in [-0.2, -0.15) is 5.26 Å². The van der Waals surface area contributed by atoms with Gasteiger partial charge in [-0.3, -0.25) is 0 Å². The minimum absolute atomic E-state index is 0.494. The van der Waals surface area contributed by atoms with Gasteiger partial charge in [0, 0.05) is 50.7 Å². The molecule has 3 heterocycles. The maximum atomic E-state index is 9.07. The lowest BCUT2D eigenvalue weighted by atomic mass is 9.99.